The van der Waals surface area contributed by atoms with Crippen molar-refractivity contribution < 1.29 is 28.5 Å². The van der Waals surface area contributed by atoms with E-state index in [4.69, 9.17) is 35.3 Å². The van der Waals surface area contributed by atoms with Crippen LogP contribution in [0.3, 0.4) is 0 Å². The Morgan fingerprint density at radius 1 is 0.800 bits per heavy atom. The van der Waals surface area contributed by atoms with Gasteiger partial charge in [-0.3, -0.25) is 4.79 Å². The topological polar surface area (TPSA) is 63.2 Å². The van der Waals surface area contributed by atoms with E-state index in [0.29, 0.717) is 65.3 Å². The molecule has 0 aromatic heterocycles. The van der Waals surface area contributed by atoms with Gasteiger partial charge in [-0.05, 0) is 12.8 Å². The van der Waals surface area contributed by atoms with Gasteiger partial charge in [-0.25, -0.2) is 0 Å². The SMILES string of the molecule is CCCCC(CC)C(=O)OCCOCCOCCOCCOCCCl. The summed E-state index contributed by atoms with van der Waals surface area (Å²) in [6, 6.07) is 0. The average Bonchev–Trinajstić information content (AvgIpc) is 2.62. The Hall–Kier alpha value is -0.400. The molecule has 1 unspecified atom stereocenters. The van der Waals surface area contributed by atoms with E-state index in [1.54, 1.807) is 0 Å². The molecule has 0 rings (SSSR count). The highest BCUT2D eigenvalue weighted by Crippen LogP contribution is 2.14. The zero-order valence-electron chi connectivity index (χ0n) is 15.8. The van der Waals surface area contributed by atoms with Crippen LogP contribution in [-0.2, 0) is 28.5 Å². The van der Waals surface area contributed by atoms with E-state index in [0.717, 1.165) is 25.7 Å². The summed E-state index contributed by atoms with van der Waals surface area (Å²) in [5.41, 5.74) is 0. The summed E-state index contributed by atoms with van der Waals surface area (Å²) >= 11 is 5.48. The Labute approximate surface area is 157 Å². The molecule has 0 saturated carbocycles. The predicted octanol–water partition coefficient (Wildman–Crippen LogP) is 3.05. The fourth-order valence-corrected chi connectivity index (χ4v) is 2.18. The lowest BCUT2D eigenvalue weighted by atomic mass is 10.00. The molecule has 0 aromatic carbocycles. The number of carbonyl (C=O) groups is 1. The molecule has 0 amide bonds. The van der Waals surface area contributed by atoms with Gasteiger partial charge in [0, 0.05) is 5.88 Å². The molecule has 0 aromatic rings. The van der Waals surface area contributed by atoms with Crippen molar-refractivity contribution in [3.8, 4) is 0 Å². The number of carbonyl (C=O) groups excluding carboxylic acids is 1. The summed E-state index contributed by atoms with van der Waals surface area (Å²) in [6.07, 6.45) is 3.89. The Kier molecular flexibility index (Phi) is 19.6. The van der Waals surface area contributed by atoms with Gasteiger partial charge in [0.2, 0.25) is 0 Å². The van der Waals surface area contributed by atoms with E-state index in [9.17, 15) is 4.79 Å². The quantitative estimate of drug-likeness (QED) is 0.194. The van der Waals surface area contributed by atoms with E-state index >= 15 is 0 Å². The summed E-state index contributed by atoms with van der Waals surface area (Å²) in [4.78, 5) is 11.9. The molecule has 25 heavy (non-hydrogen) atoms. The minimum absolute atomic E-state index is 0.0172. The van der Waals surface area contributed by atoms with Crippen LogP contribution >= 0.6 is 11.6 Å². The first-order valence-corrected chi connectivity index (χ1v) is 9.83. The fraction of sp³-hybridized carbons (Fsp3) is 0.944. The zero-order valence-corrected chi connectivity index (χ0v) is 16.6. The van der Waals surface area contributed by atoms with Crippen LogP contribution in [0.4, 0.5) is 0 Å². The number of ether oxygens (including phenoxy) is 5. The van der Waals surface area contributed by atoms with Crippen molar-refractivity contribution in [2.24, 2.45) is 5.92 Å². The fourth-order valence-electron chi connectivity index (χ4n) is 2.07. The van der Waals surface area contributed by atoms with E-state index in [1.807, 2.05) is 6.92 Å². The Morgan fingerprint density at radius 2 is 1.28 bits per heavy atom. The van der Waals surface area contributed by atoms with E-state index in [-0.39, 0.29) is 11.9 Å². The molecule has 0 aliphatic heterocycles. The van der Waals surface area contributed by atoms with Crippen molar-refractivity contribution in [1.29, 1.82) is 0 Å². The monoisotopic (exact) mass is 382 g/mol. The molecule has 0 heterocycles. The van der Waals surface area contributed by atoms with Gasteiger partial charge in [-0.15, -0.1) is 11.6 Å². The van der Waals surface area contributed by atoms with Gasteiger partial charge in [0.15, 0.2) is 0 Å². The van der Waals surface area contributed by atoms with Crippen LogP contribution in [0.15, 0.2) is 0 Å². The predicted molar refractivity (Wildman–Crippen MR) is 98.3 cm³/mol. The van der Waals surface area contributed by atoms with Crippen LogP contribution in [0.2, 0.25) is 0 Å². The number of hydrogen-bond donors (Lipinski definition) is 0. The second-order valence-electron chi connectivity index (χ2n) is 5.55. The van der Waals surface area contributed by atoms with E-state index < -0.39 is 0 Å². The number of halogens is 1. The van der Waals surface area contributed by atoms with E-state index in [1.165, 1.54) is 0 Å². The largest absolute Gasteiger partial charge is 0.463 e. The minimum atomic E-state index is -0.108. The molecule has 0 aliphatic carbocycles. The third-order valence-corrected chi connectivity index (χ3v) is 3.70. The van der Waals surface area contributed by atoms with Crippen LogP contribution in [0, 0.1) is 5.92 Å². The van der Waals surface area contributed by atoms with Gasteiger partial charge >= 0.3 is 5.97 Å². The van der Waals surface area contributed by atoms with Crippen molar-refractivity contribution in [1.82, 2.24) is 0 Å². The number of esters is 1. The van der Waals surface area contributed by atoms with Crippen molar-refractivity contribution >= 4 is 17.6 Å². The molecule has 0 saturated heterocycles. The third-order valence-electron chi connectivity index (χ3n) is 3.54. The number of alkyl halides is 1. The third kappa shape index (κ3) is 16.8. The van der Waals surface area contributed by atoms with Crippen molar-refractivity contribution in [2.45, 2.75) is 39.5 Å². The molecule has 150 valence electrons. The maximum Gasteiger partial charge on any atom is 0.308 e. The Morgan fingerprint density at radius 3 is 1.72 bits per heavy atom. The Balaban J connectivity index is 3.29. The van der Waals surface area contributed by atoms with Gasteiger partial charge in [0.05, 0.1) is 58.8 Å². The summed E-state index contributed by atoms with van der Waals surface area (Å²) in [6.45, 7) is 8.49. The molecule has 0 N–H and O–H groups in total. The minimum Gasteiger partial charge on any atom is -0.463 e. The molecular weight excluding hydrogens is 348 g/mol. The molecule has 0 aliphatic rings. The van der Waals surface area contributed by atoms with Gasteiger partial charge in [-0.1, -0.05) is 26.7 Å². The smallest absolute Gasteiger partial charge is 0.308 e. The van der Waals surface area contributed by atoms with Crippen LogP contribution < -0.4 is 0 Å². The van der Waals surface area contributed by atoms with Crippen LogP contribution in [0.5, 0.6) is 0 Å². The average molecular weight is 383 g/mol. The van der Waals surface area contributed by atoms with Gasteiger partial charge in [-0.2, -0.15) is 0 Å². The molecule has 1 atom stereocenters. The first-order valence-electron chi connectivity index (χ1n) is 9.29. The van der Waals surface area contributed by atoms with Crippen LogP contribution in [-0.4, -0.2) is 71.3 Å². The molecule has 0 fully saturated rings. The van der Waals surface area contributed by atoms with Gasteiger partial charge < -0.3 is 23.7 Å². The number of rotatable bonds is 19. The van der Waals surface area contributed by atoms with Crippen molar-refractivity contribution in [3.05, 3.63) is 0 Å². The number of hydrogen-bond acceptors (Lipinski definition) is 6. The maximum absolute atomic E-state index is 11.9. The number of unbranched alkanes of at least 4 members (excludes halogenated alkanes) is 1. The highest BCUT2D eigenvalue weighted by atomic mass is 35.5. The summed E-state index contributed by atoms with van der Waals surface area (Å²) in [7, 11) is 0. The van der Waals surface area contributed by atoms with Crippen LogP contribution in [0.1, 0.15) is 39.5 Å². The first kappa shape index (κ1) is 24.6. The molecule has 6 nitrogen and oxygen atoms in total. The molecule has 0 spiro atoms. The lowest BCUT2D eigenvalue weighted by Crippen LogP contribution is -2.20. The molecule has 0 radical (unpaired) electrons. The van der Waals surface area contributed by atoms with Crippen molar-refractivity contribution in [2.75, 3.05) is 65.3 Å². The van der Waals surface area contributed by atoms with Gasteiger partial charge in [0.1, 0.15) is 6.61 Å². The molecule has 0 bridgehead atoms. The summed E-state index contributed by atoms with van der Waals surface area (Å²) < 4.78 is 26.5. The van der Waals surface area contributed by atoms with Crippen molar-refractivity contribution in [3.63, 3.8) is 0 Å². The first-order chi connectivity index (χ1) is 12.3. The zero-order chi connectivity index (χ0) is 18.6. The highest BCUT2D eigenvalue weighted by Gasteiger charge is 2.16. The van der Waals surface area contributed by atoms with Gasteiger partial charge in [0.25, 0.3) is 0 Å². The molecular formula is C18H35ClO6. The summed E-state index contributed by atoms with van der Waals surface area (Å²) in [5.74, 6) is 0.409. The lowest BCUT2D eigenvalue weighted by Gasteiger charge is -2.13. The summed E-state index contributed by atoms with van der Waals surface area (Å²) in [5, 5.41) is 0. The molecule has 7 heteroatoms. The standard InChI is InChI=1S/C18H35ClO6/c1-3-5-6-17(4-2)18(20)25-16-15-24-14-13-23-12-11-22-10-9-21-8-7-19/h17H,3-16H2,1-2H3. The van der Waals surface area contributed by atoms with E-state index in [2.05, 4.69) is 6.92 Å². The normalized spacial score (nSPS) is 12.3. The highest BCUT2D eigenvalue weighted by molar-refractivity contribution is 6.17. The van der Waals surface area contributed by atoms with Crippen LogP contribution in [0.25, 0.3) is 0 Å². The Bertz CT molecular complexity index is 291. The maximum atomic E-state index is 11.9. The lowest BCUT2D eigenvalue weighted by molar-refractivity contribution is -0.150. The second kappa shape index (κ2) is 19.9. The second-order valence-corrected chi connectivity index (χ2v) is 5.93.